The van der Waals surface area contributed by atoms with Crippen LogP contribution in [0.5, 0.6) is 0 Å². The van der Waals surface area contributed by atoms with Gasteiger partial charge in [0.2, 0.25) is 0 Å². The number of nitrogens with zero attached hydrogens (tertiary/aromatic N) is 1. The Hall–Kier alpha value is -2.93. The molecular formula is C23H17ClF4N2O. The van der Waals surface area contributed by atoms with E-state index in [0.29, 0.717) is 45.1 Å². The van der Waals surface area contributed by atoms with Crippen LogP contribution in [0.25, 0.3) is 11.3 Å². The normalized spacial score (nSPS) is 14.4. The van der Waals surface area contributed by atoms with Gasteiger partial charge in [-0.1, -0.05) is 24.6 Å². The summed E-state index contributed by atoms with van der Waals surface area (Å²) in [5.74, 6) is -5.66. The van der Waals surface area contributed by atoms with Gasteiger partial charge in [0, 0.05) is 18.4 Å². The molecule has 3 aromatic rings. The van der Waals surface area contributed by atoms with Gasteiger partial charge < -0.3 is 5.32 Å². The zero-order valence-electron chi connectivity index (χ0n) is 16.4. The molecule has 160 valence electrons. The van der Waals surface area contributed by atoms with Crippen molar-refractivity contribution in [3.8, 4) is 11.3 Å². The van der Waals surface area contributed by atoms with E-state index in [1.165, 1.54) is 18.3 Å². The van der Waals surface area contributed by atoms with Crippen LogP contribution < -0.4 is 5.32 Å². The number of carbonyl (C=O) groups excluding carboxylic acids is 1. The molecule has 1 aliphatic carbocycles. The second kappa shape index (κ2) is 7.96. The minimum atomic E-state index is -2.79. The van der Waals surface area contributed by atoms with Gasteiger partial charge in [0.1, 0.15) is 17.2 Å². The Bertz CT molecular complexity index is 1180. The summed E-state index contributed by atoms with van der Waals surface area (Å²) in [6.07, 6.45) is 1.15. The van der Waals surface area contributed by atoms with Gasteiger partial charge in [0.15, 0.2) is 0 Å². The molecule has 0 spiro atoms. The lowest BCUT2D eigenvalue weighted by atomic mass is 10.0. The number of hydrogen-bond donors (Lipinski definition) is 1. The summed E-state index contributed by atoms with van der Waals surface area (Å²) in [5, 5.41) is 2.79. The highest BCUT2D eigenvalue weighted by atomic mass is 35.5. The molecule has 1 aliphatic rings. The molecule has 31 heavy (non-hydrogen) atoms. The van der Waals surface area contributed by atoms with Crippen molar-refractivity contribution < 1.29 is 22.4 Å². The summed E-state index contributed by atoms with van der Waals surface area (Å²) in [5.41, 5.74) is 2.26. The van der Waals surface area contributed by atoms with Gasteiger partial charge in [-0.25, -0.2) is 17.6 Å². The first kappa shape index (κ1) is 21.3. The van der Waals surface area contributed by atoms with Crippen molar-refractivity contribution in [1.82, 2.24) is 4.98 Å². The van der Waals surface area contributed by atoms with Gasteiger partial charge in [-0.2, -0.15) is 0 Å². The maximum Gasteiger partial charge on any atom is 0.261 e. The lowest BCUT2D eigenvalue weighted by molar-refractivity contribution is 0.0130. The standard InChI is InChI=1S/C23H17ClF4N2O/c1-2-12-8-19(15-6-13-9-23(27,28)10-14(13)7-16(15)24)29-11-20(12)30-22(31)21-17(25)4-3-5-18(21)26/h3-8,11H,2,9-10H2,1H3,(H,30,31). The van der Waals surface area contributed by atoms with Crippen LogP contribution in [0.15, 0.2) is 42.6 Å². The van der Waals surface area contributed by atoms with E-state index < -0.39 is 29.0 Å². The van der Waals surface area contributed by atoms with Crippen LogP contribution in [0.4, 0.5) is 23.2 Å². The van der Waals surface area contributed by atoms with Crippen molar-refractivity contribution in [3.05, 3.63) is 81.5 Å². The molecule has 1 amide bonds. The summed E-state index contributed by atoms with van der Waals surface area (Å²) < 4.78 is 55.3. The third-order valence-electron chi connectivity index (χ3n) is 5.27. The second-order valence-electron chi connectivity index (χ2n) is 7.44. The van der Waals surface area contributed by atoms with Gasteiger partial charge in [0.25, 0.3) is 11.8 Å². The van der Waals surface area contributed by atoms with Gasteiger partial charge in [-0.15, -0.1) is 0 Å². The third-order valence-corrected chi connectivity index (χ3v) is 5.58. The number of carbonyl (C=O) groups is 1. The van der Waals surface area contributed by atoms with E-state index in [2.05, 4.69) is 10.3 Å². The lowest BCUT2D eigenvalue weighted by Crippen LogP contribution is -2.17. The largest absolute Gasteiger partial charge is 0.320 e. The molecule has 0 radical (unpaired) electrons. The Morgan fingerprint density at radius 1 is 1.13 bits per heavy atom. The minimum absolute atomic E-state index is 0.294. The zero-order chi connectivity index (χ0) is 22.3. The predicted octanol–water partition coefficient (Wildman–Crippen LogP) is 6.23. The number of alkyl halides is 2. The highest BCUT2D eigenvalue weighted by molar-refractivity contribution is 6.33. The molecule has 1 heterocycles. The Morgan fingerprint density at radius 3 is 2.42 bits per heavy atom. The molecule has 0 saturated carbocycles. The van der Waals surface area contributed by atoms with E-state index in [-0.39, 0.29) is 12.8 Å². The first-order valence-electron chi connectivity index (χ1n) is 9.62. The molecule has 3 nitrogen and oxygen atoms in total. The van der Waals surface area contributed by atoms with Gasteiger partial charge in [-0.05, 0) is 53.4 Å². The number of anilines is 1. The van der Waals surface area contributed by atoms with Crippen LogP contribution in [0.1, 0.15) is 34.0 Å². The molecule has 2 aromatic carbocycles. The third kappa shape index (κ3) is 4.14. The van der Waals surface area contributed by atoms with Crippen LogP contribution in [0.2, 0.25) is 5.02 Å². The topological polar surface area (TPSA) is 42.0 Å². The van der Waals surface area contributed by atoms with Crippen molar-refractivity contribution >= 4 is 23.2 Å². The molecular weight excluding hydrogens is 432 g/mol. The number of amides is 1. The van der Waals surface area contributed by atoms with Gasteiger partial charge >= 0.3 is 0 Å². The Labute approximate surface area is 181 Å². The number of nitrogens with one attached hydrogen (secondary N) is 1. The van der Waals surface area contributed by atoms with Crippen molar-refractivity contribution in [2.75, 3.05) is 5.32 Å². The molecule has 0 fully saturated rings. The lowest BCUT2D eigenvalue weighted by Gasteiger charge is -2.13. The van der Waals surface area contributed by atoms with Crippen molar-refractivity contribution in [3.63, 3.8) is 0 Å². The number of aryl methyl sites for hydroxylation is 1. The van der Waals surface area contributed by atoms with Crippen LogP contribution >= 0.6 is 11.6 Å². The van der Waals surface area contributed by atoms with Gasteiger partial charge in [-0.3, -0.25) is 9.78 Å². The van der Waals surface area contributed by atoms with E-state index in [1.54, 1.807) is 12.1 Å². The Kier molecular flexibility index (Phi) is 5.47. The molecule has 1 aromatic heterocycles. The molecule has 0 unspecified atom stereocenters. The van der Waals surface area contributed by atoms with E-state index >= 15 is 0 Å². The number of aromatic nitrogens is 1. The number of rotatable bonds is 4. The average Bonchev–Trinajstić information content (AvgIpc) is 3.00. The average molecular weight is 449 g/mol. The molecule has 8 heteroatoms. The first-order valence-corrected chi connectivity index (χ1v) is 10.00. The van der Waals surface area contributed by atoms with Crippen LogP contribution in [0.3, 0.4) is 0 Å². The van der Waals surface area contributed by atoms with Crippen molar-refractivity contribution in [2.24, 2.45) is 0 Å². The molecule has 0 saturated heterocycles. The zero-order valence-corrected chi connectivity index (χ0v) is 17.2. The number of hydrogen-bond acceptors (Lipinski definition) is 2. The minimum Gasteiger partial charge on any atom is -0.320 e. The number of fused-ring (bicyclic) bond motifs is 1. The van der Waals surface area contributed by atoms with Gasteiger partial charge in [0.05, 0.1) is 22.6 Å². The van der Waals surface area contributed by atoms with Crippen molar-refractivity contribution in [1.29, 1.82) is 0 Å². The summed E-state index contributed by atoms with van der Waals surface area (Å²) >= 11 is 6.33. The van der Waals surface area contributed by atoms with Crippen molar-refractivity contribution in [2.45, 2.75) is 32.1 Å². The van der Waals surface area contributed by atoms with E-state index in [0.717, 1.165) is 12.1 Å². The Morgan fingerprint density at radius 2 is 1.77 bits per heavy atom. The highest BCUT2D eigenvalue weighted by Crippen LogP contribution is 2.40. The number of halogens is 5. The van der Waals surface area contributed by atoms with Crippen LogP contribution in [0, 0.1) is 11.6 Å². The SMILES string of the molecule is CCc1cc(-c2cc3c(cc2Cl)CC(F)(F)C3)ncc1NC(=O)c1c(F)cccc1F. The monoisotopic (exact) mass is 448 g/mol. The number of benzene rings is 2. The summed E-state index contributed by atoms with van der Waals surface area (Å²) in [4.78, 5) is 16.7. The second-order valence-corrected chi connectivity index (χ2v) is 7.85. The van der Waals surface area contributed by atoms with Crippen LogP contribution in [-0.4, -0.2) is 16.8 Å². The molecule has 4 rings (SSSR count). The fraction of sp³-hybridized carbons (Fsp3) is 0.217. The summed E-state index contributed by atoms with van der Waals surface area (Å²) in [6, 6.07) is 8.00. The first-order chi connectivity index (χ1) is 14.7. The molecule has 0 aliphatic heterocycles. The fourth-order valence-electron chi connectivity index (χ4n) is 3.75. The quantitative estimate of drug-likeness (QED) is 0.481. The maximum atomic E-state index is 13.9. The highest BCUT2D eigenvalue weighted by Gasteiger charge is 2.37. The smallest absolute Gasteiger partial charge is 0.261 e. The fourth-order valence-corrected chi connectivity index (χ4v) is 4.04. The summed E-state index contributed by atoms with van der Waals surface area (Å²) in [6.45, 7) is 1.84. The molecule has 0 atom stereocenters. The van der Waals surface area contributed by atoms with E-state index in [9.17, 15) is 22.4 Å². The Balaban J connectivity index is 1.66. The van der Waals surface area contributed by atoms with E-state index in [1.807, 2.05) is 6.92 Å². The predicted molar refractivity (Wildman–Crippen MR) is 111 cm³/mol. The molecule has 1 N–H and O–H groups in total. The van der Waals surface area contributed by atoms with E-state index in [4.69, 9.17) is 11.6 Å². The number of pyridine rings is 1. The maximum absolute atomic E-state index is 13.9. The summed E-state index contributed by atoms with van der Waals surface area (Å²) in [7, 11) is 0. The molecule has 0 bridgehead atoms. The van der Waals surface area contributed by atoms with Crippen LogP contribution in [-0.2, 0) is 19.3 Å².